The minimum atomic E-state index is -2.97. The maximum absolute atomic E-state index is 10.1. The van der Waals surface area contributed by atoms with Gasteiger partial charge in [-0.1, -0.05) is 91.0 Å². The molecule has 0 unspecified atom stereocenters. The lowest BCUT2D eigenvalue weighted by atomic mass is 9.96. The van der Waals surface area contributed by atoms with Crippen LogP contribution in [0.25, 0.3) is 0 Å². The number of benzene rings is 3. The number of hydrogen-bond acceptors (Lipinski definition) is 7. The van der Waals surface area contributed by atoms with Crippen LogP contribution in [-0.4, -0.2) is 101 Å². The second-order valence-corrected chi connectivity index (χ2v) is 14.2. The van der Waals surface area contributed by atoms with Crippen molar-refractivity contribution in [3.05, 3.63) is 108 Å². The third-order valence-electron chi connectivity index (χ3n) is 11.4. The summed E-state index contributed by atoms with van der Waals surface area (Å²) >= 11 is 0. The molecule has 55 heavy (non-hydrogen) atoms. The fourth-order valence-corrected chi connectivity index (χ4v) is 6.62. The maximum atomic E-state index is 10.1. The molecule has 3 aromatic carbocycles. The van der Waals surface area contributed by atoms with Crippen LogP contribution in [0.15, 0.2) is 91.0 Å². The van der Waals surface area contributed by atoms with Crippen LogP contribution in [0.1, 0.15) is 91.8 Å². The Balaban J connectivity index is 0.000000707. The molecule has 0 aliphatic carbocycles. The Morgan fingerprint density at radius 2 is 0.636 bits per heavy atom. The smallest absolute Gasteiger partial charge is 0.114 e. The van der Waals surface area contributed by atoms with Gasteiger partial charge in [0.2, 0.25) is 0 Å². The van der Waals surface area contributed by atoms with E-state index in [0.29, 0.717) is 0 Å². The normalized spacial score (nSPS) is 11.5. The van der Waals surface area contributed by atoms with Gasteiger partial charge in [-0.15, -0.1) is 0 Å². The van der Waals surface area contributed by atoms with E-state index in [1.807, 2.05) is 0 Å². The Labute approximate surface area is 332 Å². The molecule has 0 saturated heterocycles. The number of carbonyl (C=O) groups excluding carboxylic acids is 3. The molecule has 0 radical (unpaired) electrons. The molecule has 0 saturated carbocycles. The standard InChI is InChI=1S/3C13H22N.C6H8O7/c3*1-4-14(5-2,6-3)12-13-10-8-7-9-11-13;7-3(8)1-6(13,5(11)12)2-4(9)10/h3*7-11H,4-6,12H2,1-3H3;13H,1-2H2,(H,7,8)(H,9,10)(H,11,12)/q3*+1;/p-3. The molecular formula is C45H71N3O7. The molecule has 0 aliphatic heterocycles. The van der Waals surface area contributed by atoms with E-state index >= 15 is 0 Å². The highest BCUT2D eigenvalue weighted by Gasteiger charge is 2.29. The fourth-order valence-electron chi connectivity index (χ4n) is 6.62. The summed E-state index contributed by atoms with van der Waals surface area (Å²) in [7, 11) is 0. The first kappa shape index (κ1) is 50.9. The van der Waals surface area contributed by atoms with Crippen LogP contribution in [0.5, 0.6) is 0 Å². The van der Waals surface area contributed by atoms with Crippen molar-refractivity contribution in [2.75, 3.05) is 58.9 Å². The number of aliphatic carboxylic acids is 3. The Hall–Kier alpha value is -4.09. The predicted octanol–water partition coefficient (Wildman–Crippen LogP) is 3.94. The average molecular weight is 766 g/mol. The molecule has 0 amide bonds. The van der Waals surface area contributed by atoms with Crippen LogP contribution in [0.2, 0.25) is 0 Å². The zero-order chi connectivity index (χ0) is 42.0. The van der Waals surface area contributed by atoms with Crippen LogP contribution in [0.3, 0.4) is 0 Å². The monoisotopic (exact) mass is 766 g/mol. The van der Waals surface area contributed by atoms with Crippen LogP contribution in [0.4, 0.5) is 0 Å². The lowest BCUT2D eigenvalue weighted by Gasteiger charge is -2.35. The summed E-state index contributed by atoms with van der Waals surface area (Å²) in [5.74, 6) is -5.98. The molecule has 3 aromatic rings. The SMILES string of the molecule is CC[N+](CC)(CC)Cc1ccccc1.CC[N+](CC)(CC)Cc1ccccc1.CC[N+](CC)(CC)Cc1ccccc1.O=C([O-])CC(O)(CC(=O)[O-])C(=O)[O-]. The largest absolute Gasteiger partial charge is 0.550 e. The van der Waals surface area contributed by atoms with E-state index in [1.54, 1.807) is 0 Å². The summed E-state index contributed by atoms with van der Waals surface area (Å²) in [5, 5.41) is 38.9. The van der Waals surface area contributed by atoms with E-state index in [0.717, 1.165) is 0 Å². The first-order chi connectivity index (χ1) is 26.1. The molecule has 0 heterocycles. The predicted molar refractivity (Wildman–Crippen MR) is 215 cm³/mol. The zero-order valence-electron chi connectivity index (χ0n) is 35.3. The first-order valence-corrected chi connectivity index (χ1v) is 20.1. The number of quaternary nitrogens is 3. The van der Waals surface area contributed by atoms with E-state index in [4.69, 9.17) is 5.11 Å². The lowest BCUT2D eigenvalue weighted by molar-refractivity contribution is -0.936. The molecule has 0 aliphatic rings. The molecule has 10 heteroatoms. The van der Waals surface area contributed by atoms with E-state index in [9.17, 15) is 29.7 Å². The topological polar surface area (TPSA) is 141 Å². The maximum Gasteiger partial charge on any atom is 0.114 e. The van der Waals surface area contributed by atoms with Gasteiger partial charge in [0.05, 0.1) is 64.9 Å². The van der Waals surface area contributed by atoms with Gasteiger partial charge in [-0.2, -0.15) is 0 Å². The second-order valence-electron chi connectivity index (χ2n) is 14.2. The molecule has 0 aromatic heterocycles. The summed E-state index contributed by atoms with van der Waals surface area (Å²) in [5.41, 5.74) is 1.40. The van der Waals surface area contributed by atoms with Crippen LogP contribution in [-0.2, 0) is 34.0 Å². The van der Waals surface area contributed by atoms with Gasteiger partial charge in [0.1, 0.15) is 25.2 Å². The van der Waals surface area contributed by atoms with Gasteiger partial charge in [0, 0.05) is 41.5 Å². The van der Waals surface area contributed by atoms with E-state index in [1.165, 1.54) is 109 Å². The first-order valence-electron chi connectivity index (χ1n) is 20.1. The van der Waals surface area contributed by atoms with Gasteiger partial charge in [-0.25, -0.2) is 0 Å². The van der Waals surface area contributed by atoms with Crippen LogP contribution < -0.4 is 15.3 Å². The van der Waals surface area contributed by atoms with Crippen molar-refractivity contribution in [2.24, 2.45) is 0 Å². The summed E-state index contributed by atoms with van der Waals surface area (Å²) < 4.78 is 3.60. The highest BCUT2D eigenvalue weighted by atomic mass is 16.4. The molecule has 0 atom stereocenters. The Morgan fingerprint density at radius 1 is 0.436 bits per heavy atom. The molecular weight excluding hydrogens is 695 g/mol. The van der Waals surface area contributed by atoms with Gasteiger partial charge in [-0.3, -0.25) is 0 Å². The van der Waals surface area contributed by atoms with Gasteiger partial charge in [0.15, 0.2) is 0 Å². The molecule has 308 valence electrons. The average Bonchev–Trinajstić information content (AvgIpc) is 3.19. The van der Waals surface area contributed by atoms with Crippen molar-refractivity contribution in [2.45, 2.75) is 100 Å². The number of carbonyl (C=O) groups is 3. The Kier molecular flexibility index (Phi) is 24.7. The second kappa shape index (κ2) is 26.7. The van der Waals surface area contributed by atoms with Gasteiger partial charge in [-0.05, 0) is 62.3 Å². The minimum absolute atomic E-state index is 1.17. The number of carboxylic acid groups (broad SMARTS) is 3. The van der Waals surface area contributed by atoms with E-state index in [-0.39, 0.29) is 0 Å². The number of carboxylic acids is 3. The molecule has 10 nitrogen and oxygen atoms in total. The molecule has 0 spiro atoms. The molecule has 3 rings (SSSR count). The van der Waals surface area contributed by atoms with Gasteiger partial charge in [0.25, 0.3) is 0 Å². The van der Waals surface area contributed by atoms with Crippen LogP contribution >= 0.6 is 0 Å². The zero-order valence-corrected chi connectivity index (χ0v) is 35.3. The van der Waals surface area contributed by atoms with E-state index < -0.39 is 36.4 Å². The number of hydrogen-bond donors (Lipinski definition) is 1. The lowest BCUT2D eigenvalue weighted by Crippen LogP contribution is -2.54. The quantitative estimate of drug-likeness (QED) is 0.172. The summed E-state index contributed by atoms with van der Waals surface area (Å²) in [6.45, 7) is 35.1. The van der Waals surface area contributed by atoms with Crippen molar-refractivity contribution in [3.63, 3.8) is 0 Å². The van der Waals surface area contributed by atoms with Crippen molar-refractivity contribution in [1.29, 1.82) is 0 Å². The Morgan fingerprint density at radius 3 is 0.782 bits per heavy atom. The number of rotatable bonds is 20. The minimum Gasteiger partial charge on any atom is -0.550 e. The van der Waals surface area contributed by atoms with Crippen LogP contribution in [0, 0.1) is 0 Å². The van der Waals surface area contributed by atoms with Crippen molar-refractivity contribution < 1.29 is 48.3 Å². The fraction of sp³-hybridized carbons (Fsp3) is 0.533. The summed E-state index contributed by atoms with van der Waals surface area (Å²) in [6, 6.07) is 32.4. The summed E-state index contributed by atoms with van der Waals surface area (Å²) in [6.07, 6.45) is -2.72. The third-order valence-corrected chi connectivity index (χ3v) is 11.4. The van der Waals surface area contributed by atoms with E-state index in [2.05, 4.69) is 153 Å². The van der Waals surface area contributed by atoms with Gasteiger partial charge >= 0.3 is 0 Å². The highest BCUT2D eigenvalue weighted by Crippen LogP contribution is 2.16. The number of aliphatic hydroxyl groups is 1. The number of nitrogens with zero attached hydrogens (tertiary/aromatic N) is 3. The molecule has 0 fully saturated rings. The molecule has 0 bridgehead atoms. The Bertz CT molecular complexity index is 1280. The van der Waals surface area contributed by atoms with Crippen molar-refractivity contribution >= 4 is 17.9 Å². The van der Waals surface area contributed by atoms with Crippen molar-refractivity contribution in [3.8, 4) is 0 Å². The van der Waals surface area contributed by atoms with Crippen molar-refractivity contribution in [1.82, 2.24) is 0 Å². The third kappa shape index (κ3) is 18.9. The molecule has 1 N–H and O–H groups in total. The van der Waals surface area contributed by atoms with Gasteiger partial charge < -0.3 is 48.3 Å². The summed E-state index contributed by atoms with van der Waals surface area (Å²) in [4.78, 5) is 30.0. The highest BCUT2D eigenvalue weighted by molar-refractivity contribution is 5.86.